The molecule has 30 heavy (non-hydrogen) atoms. The average Bonchev–Trinajstić information content (AvgIpc) is 3.31. The summed E-state index contributed by atoms with van der Waals surface area (Å²) < 4.78 is 10.7. The summed E-state index contributed by atoms with van der Waals surface area (Å²) in [6.07, 6.45) is 0.980. The third-order valence-corrected chi connectivity index (χ3v) is 5.95. The molecule has 1 N–H and O–H groups in total. The molecule has 2 aromatic rings. The number of hydrogen-bond donors (Lipinski definition) is 1. The van der Waals surface area contributed by atoms with Gasteiger partial charge in [-0.2, -0.15) is 0 Å². The second-order valence-corrected chi connectivity index (χ2v) is 7.95. The number of rotatable bonds is 5. The van der Waals surface area contributed by atoms with Gasteiger partial charge in [0.1, 0.15) is 11.4 Å². The van der Waals surface area contributed by atoms with Crippen molar-refractivity contribution in [3.8, 4) is 5.75 Å². The molecule has 0 bridgehead atoms. The molecule has 1 aromatic carbocycles. The first-order chi connectivity index (χ1) is 14.5. The van der Waals surface area contributed by atoms with E-state index in [0.29, 0.717) is 42.2 Å². The Morgan fingerprint density at radius 2 is 1.93 bits per heavy atom. The Balaban J connectivity index is 1.38. The standard InChI is InChI=1S/C23H29N3O4/c1-4-29-23(28)20-15(2)21(24-16(20)3)22(27)26-10-8-25(9-11-26)14-17-5-6-19-18(13-17)7-12-30-19/h5-6,13,24H,4,7-12,14H2,1-3H3. The van der Waals surface area contributed by atoms with Crippen LogP contribution in [0.3, 0.4) is 0 Å². The molecule has 4 rings (SSSR count). The monoisotopic (exact) mass is 411 g/mol. The number of carbonyl (C=O) groups excluding carboxylic acids is 2. The lowest BCUT2D eigenvalue weighted by atomic mass is 10.1. The number of piperazine rings is 1. The molecule has 0 spiro atoms. The molecule has 0 atom stereocenters. The maximum Gasteiger partial charge on any atom is 0.340 e. The van der Waals surface area contributed by atoms with Crippen molar-refractivity contribution in [2.24, 2.45) is 0 Å². The van der Waals surface area contributed by atoms with E-state index in [1.165, 1.54) is 11.1 Å². The highest BCUT2D eigenvalue weighted by atomic mass is 16.5. The number of carbonyl (C=O) groups is 2. The van der Waals surface area contributed by atoms with Gasteiger partial charge in [0.15, 0.2) is 0 Å². The number of ether oxygens (including phenoxy) is 2. The first-order valence-corrected chi connectivity index (χ1v) is 10.6. The minimum absolute atomic E-state index is 0.0551. The Morgan fingerprint density at radius 3 is 2.67 bits per heavy atom. The molecule has 2 aliphatic rings. The van der Waals surface area contributed by atoms with Gasteiger partial charge in [0.2, 0.25) is 0 Å². The summed E-state index contributed by atoms with van der Waals surface area (Å²) in [5.74, 6) is 0.570. The number of esters is 1. The molecule has 1 aromatic heterocycles. The van der Waals surface area contributed by atoms with Crippen LogP contribution in [0.1, 0.15) is 50.2 Å². The highest BCUT2D eigenvalue weighted by molar-refractivity contribution is 6.00. The summed E-state index contributed by atoms with van der Waals surface area (Å²) in [7, 11) is 0. The average molecular weight is 412 g/mol. The molecule has 1 saturated heterocycles. The van der Waals surface area contributed by atoms with Crippen LogP contribution in [0.5, 0.6) is 5.75 Å². The van der Waals surface area contributed by atoms with Crippen LogP contribution in [0.4, 0.5) is 0 Å². The van der Waals surface area contributed by atoms with E-state index >= 15 is 0 Å². The molecule has 0 saturated carbocycles. The van der Waals surface area contributed by atoms with Gasteiger partial charge < -0.3 is 19.4 Å². The van der Waals surface area contributed by atoms with E-state index in [1.54, 1.807) is 20.8 Å². The van der Waals surface area contributed by atoms with Crippen molar-refractivity contribution < 1.29 is 19.1 Å². The first kappa shape index (κ1) is 20.5. The van der Waals surface area contributed by atoms with Crippen LogP contribution in [-0.4, -0.2) is 66.1 Å². The third kappa shape index (κ3) is 3.94. The highest BCUT2D eigenvalue weighted by Gasteiger charge is 2.28. The number of benzene rings is 1. The number of aromatic nitrogens is 1. The minimum atomic E-state index is -0.382. The molecule has 0 unspecified atom stereocenters. The van der Waals surface area contributed by atoms with E-state index < -0.39 is 0 Å². The Kier molecular flexibility index (Phi) is 5.81. The summed E-state index contributed by atoms with van der Waals surface area (Å²) in [5, 5.41) is 0. The van der Waals surface area contributed by atoms with Gasteiger partial charge in [0, 0.05) is 44.8 Å². The fourth-order valence-electron chi connectivity index (χ4n) is 4.34. The number of amides is 1. The predicted octanol–water partition coefficient (Wildman–Crippen LogP) is 2.70. The summed E-state index contributed by atoms with van der Waals surface area (Å²) in [6, 6.07) is 6.43. The number of hydrogen-bond acceptors (Lipinski definition) is 5. The van der Waals surface area contributed by atoms with Gasteiger partial charge >= 0.3 is 5.97 Å². The molecule has 3 heterocycles. The molecule has 7 nitrogen and oxygen atoms in total. The van der Waals surface area contributed by atoms with Crippen molar-refractivity contribution >= 4 is 11.9 Å². The number of nitrogens with one attached hydrogen (secondary N) is 1. The number of aryl methyl sites for hydroxylation is 1. The lowest BCUT2D eigenvalue weighted by molar-refractivity contribution is 0.0525. The SMILES string of the molecule is CCOC(=O)c1c(C)[nH]c(C(=O)N2CCN(Cc3ccc4c(c3)CCO4)CC2)c1C. The smallest absolute Gasteiger partial charge is 0.340 e. The van der Waals surface area contributed by atoms with Gasteiger partial charge in [-0.25, -0.2) is 4.79 Å². The maximum absolute atomic E-state index is 13.1. The summed E-state index contributed by atoms with van der Waals surface area (Å²) in [6.45, 7) is 10.3. The minimum Gasteiger partial charge on any atom is -0.493 e. The molecule has 0 radical (unpaired) electrons. The van der Waals surface area contributed by atoms with Crippen LogP contribution in [-0.2, 0) is 17.7 Å². The van der Waals surface area contributed by atoms with E-state index in [2.05, 4.69) is 28.1 Å². The molecule has 1 fully saturated rings. The van der Waals surface area contributed by atoms with Gasteiger partial charge in [-0.1, -0.05) is 12.1 Å². The molecular weight excluding hydrogens is 382 g/mol. The van der Waals surface area contributed by atoms with Gasteiger partial charge in [-0.3, -0.25) is 9.69 Å². The summed E-state index contributed by atoms with van der Waals surface area (Å²) in [5.41, 5.74) is 4.87. The van der Waals surface area contributed by atoms with Gasteiger partial charge in [-0.15, -0.1) is 0 Å². The predicted molar refractivity (Wildman–Crippen MR) is 113 cm³/mol. The zero-order chi connectivity index (χ0) is 21.3. The van der Waals surface area contributed by atoms with Crippen LogP contribution in [0.25, 0.3) is 0 Å². The fourth-order valence-corrected chi connectivity index (χ4v) is 4.34. The second-order valence-electron chi connectivity index (χ2n) is 7.95. The Bertz CT molecular complexity index is 958. The van der Waals surface area contributed by atoms with Crippen LogP contribution in [0.15, 0.2) is 18.2 Å². The van der Waals surface area contributed by atoms with Crippen molar-refractivity contribution in [2.45, 2.75) is 33.7 Å². The molecular formula is C23H29N3O4. The highest BCUT2D eigenvalue weighted by Crippen LogP contribution is 2.27. The normalized spacial score (nSPS) is 16.3. The Labute approximate surface area is 177 Å². The van der Waals surface area contributed by atoms with Crippen LogP contribution < -0.4 is 4.74 Å². The quantitative estimate of drug-likeness (QED) is 0.766. The van der Waals surface area contributed by atoms with Crippen LogP contribution in [0, 0.1) is 13.8 Å². The van der Waals surface area contributed by atoms with E-state index in [-0.39, 0.29) is 11.9 Å². The maximum atomic E-state index is 13.1. The van der Waals surface area contributed by atoms with Crippen molar-refractivity contribution in [3.05, 3.63) is 51.8 Å². The van der Waals surface area contributed by atoms with E-state index in [4.69, 9.17) is 9.47 Å². The number of fused-ring (bicyclic) bond motifs is 1. The van der Waals surface area contributed by atoms with E-state index in [1.807, 2.05) is 4.90 Å². The zero-order valence-electron chi connectivity index (χ0n) is 17.9. The lowest BCUT2D eigenvalue weighted by Gasteiger charge is -2.34. The van der Waals surface area contributed by atoms with E-state index in [9.17, 15) is 9.59 Å². The van der Waals surface area contributed by atoms with Crippen LogP contribution in [0.2, 0.25) is 0 Å². The summed E-state index contributed by atoms with van der Waals surface area (Å²) in [4.78, 5) is 32.6. The van der Waals surface area contributed by atoms with Crippen LogP contribution >= 0.6 is 0 Å². The molecule has 7 heteroatoms. The van der Waals surface area contributed by atoms with Gasteiger partial charge in [0.25, 0.3) is 5.91 Å². The zero-order valence-corrected chi connectivity index (χ0v) is 17.9. The first-order valence-electron chi connectivity index (χ1n) is 10.6. The fraction of sp³-hybridized carbons (Fsp3) is 0.478. The number of nitrogens with zero attached hydrogens (tertiary/aromatic N) is 2. The topological polar surface area (TPSA) is 74.9 Å². The lowest BCUT2D eigenvalue weighted by Crippen LogP contribution is -2.48. The Morgan fingerprint density at radius 1 is 1.17 bits per heavy atom. The van der Waals surface area contributed by atoms with E-state index in [0.717, 1.165) is 38.4 Å². The van der Waals surface area contributed by atoms with Crippen molar-refractivity contribution in [1.29, 1.82) is 0 Å². The van der Waals surface area contributed by atoms with Crippen molar-refractivity contribution in [3.63, 3.8) is 0 Å². The molecule has 1 amide bonds. The van der Waals surface area contributed by atoms with Gasteiger partial charge in [0.05, 0.1) is 18.8 Å². The van der Waals surface area contributed by atoms with Crippen molar-refractivity contribution in [2.75, 3.05) is 39.4 Å². The largest absolute Gasteiger partial charge is 0.493 e. The second kappa shape index (κ2) is 8.52. The number of H-pyrrole nitrogens is 1. The molecule has 160 valence electrons. The number of aromatic amines is 1. The van der Waals surface area contributed by atoms with Crippen molar-refractivity contribution in [1.82, 2.24) is 14.8 Å². The molecule has 0 aliphatic carbocycles. The summed E-state index contributed by atoms with van der Waals surface area (Å²) >= 11 is 0. The van der Waals surface area contributed by atoms with Gasteiger partial charge in [-0.05, 0) is 43.5 Å². The third-order valence-electron chi connectivity index (χ3n) is 5.95. The Hall–Kier alpha value is -2.80. The molecule has 2 aliphatic heterocycles.